The van der Waals surface area contributed by atoms with E-state index in [2.05, 4.69) is 20.3 Å². The minimum absolute atomic E-state index is 0.166. The molecule has 1 aliphatic heterocycles. The van der Waals surface area contributed by atoms with E-state index in [9.17, 15) is 14.7 Å². The van der Waals surface area contributed by atoms with Crippen molar-refractivity contribution in [3.63, 3.8) is 0 Å². The highest BCUT2D eigenvalue weighted by molar-refractivity contribution is 5.89. The zero-order valence-corrected chi connectivity index (χ0v) is 18.3. The van der Waals surface area contributed by atoms with Crippen LogP contribution in [0.1, 0.15) is 17.5 Å². The normalized spacial score (nSPS) is 20.2. The number of hydrogen-bond acceptors (Lipinski definition) is 7. The van der Waals surface area contributed by atoms with E-state index in [1.807, 2.05) is 7.05 Å². The molecule has 0 aliphatic carbocycles. The van der Waals surface area contributed by atoms with Gasteiger partial charge in [0.2, 0.25) is 5.95 Å². The lowest BCUT2D eigenvalue weighted by Gasteiger charge is -2.39. The maximum absolute atomic E-state index is 14.0. The van der Waals surface area contributed by atoms with Gasteiger partial charge in [-0.25, -0.2) is 15.0 Å². The van der Waals surface area contributed by atoms with Gasteiger partial charge in [-0.1, -0.05) is 60.7 Å². The maximum Gasteiger partial charge on any atom is 0.304 e. The molecule has 0 spiro atoms. The minimum Gasteiger partial charge on any atom is -0.834 e. The lowest BCUT2D eigenvalue weighted by Crippen LogP contribution is -2.52. The number of carbonyl (C=O) groups is 2. The molecular weight excluding hydrogens is 422 g/mol. The lowest BCUT2D eigenvalue weighted by atomic mass is 9.86. The van der Waals surface area contributed by atoms with Crippen molar-refractivity contribution in [1.82, 2.24) is 15.0 Å². The summed E-state index contributed by atoms with van der Waals surface area (Å²) in [5, 5.41) is 16.6. The first-order valence-electron chi connectivity index (χ1n) is 10.7. The first kappa shape index (κ1) is 22.5. The van der Waals surface area contributed by atoms with Crippen molar-refractivity contribution < 1.29 is 23.9 Å². The number of hydrogen-bond donors (Lipinski definition) is 1. The first-order valence-corrected chi connectivity index (χ1v) is 10.7. The number of likely N-dealkylation sites (N-methyl/N-ethyl adjacent to an activating group) is 1. The van der Waals surface area contributed by atoms with Gasteiger partial charge in [0.25, 0.3) is 5.91 Å². The summed E-state index contributed by atoms with van der Waals surface area (Å²) in [4.78, 5) is 37.2. The average molecular weight is 447 g/mol. The number of nitrogens with one attached hydrogen (secondary N) is 1. The van der Waals surface area contributed by atoms with Gasteiger partial charge in [0.05, 0.1) is 13.6 Å². The highest BCUT2D eigenvalue weighted by Crippen LogP contribution is 2.30. The largest absolute Gasteiger partial charge is 0.834 e. The van der Waals surface area contributed by atoms with Crippen molar-refractivity contribution in [3.05, 3.63) is 84.4 Å². The molecule has 1 aliphatic rings. The standard InChI is InChI=1S/C24H25N5O4/c1-29(15-21(30)28-23-26-16-25-17-27-23)13-12-20(14-29)33-22(31)24(32,18-8-4-2-5-9-18)19-10-6-3-7-11-19/h2-11,16-17,20H,12-15H2,1H3,(H,25,26,27,28,30)/t20-,29?/m1/s1. The molecule has 3 aromatic rings. The van der Waals surface area contributed by atoms with Crippen LogP contribution in [-0.4, -0.2) is 64.1 Å². The molecule has 1 saturated heterocycles. The fourth-order valence-electron chi connectivity index (χ4n) is 4.17. The van der Waals surface area contributed by atoms with Crippen molar-refractivity contribution in [2.45, 2.75) is 18.1 Å². The zero-order valence-electron chi connectivity index (χ0n) is 18.3. The van der Waals surface area contributed by atoms with Gasteiger partial charge in [-0.2, -0.15) is 0 Å². The monoisotopic (exact) mass is 447 g/mol. The molecule has 1 fully saturated rings. The highest BCUT2D eigenvalue weighted by Gasteiger charge is 2.41. The van der Waals surface area contributed by atoms with Crippen molar-refractivity contribution >= 4 is 17.8 Å². The molecule has 0 bridgehead atoms. The summed E-state index contributed by atoms with van der Waals surface area (Å²) in [6.45, 7) is 1.22. The Morgan fingerprint density at radius 3 is 2.21 bits per heavy atom. The third kappa shape index (κ3) is 5.05. The number of ether oxygens (including phenoxy) is 1. The van der Waals surface area contributed by atoms with E-state index < -0.39 is 17.7 Å². The minimum atomic E-state index is -2.18. The maximum atomic E-state index is 14.0. The smallest absolute Gasteiger partial charge is 0.304 e. The Kier molecular flexibility index (Phi) is 6.43. The van der Waals surface area contributed by atoms with Crippen molar-refractivity contribution in [1.29, 1.82) is 0 Å². The summed E-state index contributed by atoms with van der Waals surface area (Å²) in [7, 11) is 1.92. The molecule has 9 nitrogen and oxygen atoms in total. The van der Waals surface area contributed by atoms with Crippen LogP contribution in [0.4, 0.5) is 5.95 Å². The molecule has 1 unspecified atom stereocenters. The molecular formula is C24H25N5O4. The third-order valence-corrected chi connectivity index (χ3v) is 5.83. The Bertz CT molecular complexity index is 1060. The van der Waals surface area contributed by atoms with E-state index in [1.165, 1.54) is 12.7 Å². The van der Waals surface area contributed by atoms with Gasteiger partial charge < -0.3 is 14.3 Å². The quantitative estimate of drug-likeness (QED) is 0.422. The predicted octanol–water partition coefficient (Wildman–Crippen LogP) is 0.876. The number of quaternary nitrogens is 1. The number of nitrogens with zero attached hydrogens (tertiary/aromatic N) is 4. The SMILES string of the molecule is C[N+]1(CC(=O)Nc2ncncn2)CC[C@@H](OC(=O)C([O-])(c2ccccc2)c2ccccc2)C1. The number of benzene rings is 2. The molecule has 9 heteroatoms. The Morgan fingerprint density at radius 1 is 1.06 bits per heavy atom. The van der Waals surface area contributed by atoms with Crippen LogP contribution in [0.15, 0.2) is 73.3 Å². The van der Waals surface area contributed by atoms with Crippen molar-refractivity contribution in [2.24, 2.45) is 0 Å². The molecule has 1 N–H and O–H groups in total. The van der Waals surface area contributed by atoms with Gasteiger partial charge in [0.1, 0.15) is 19.2 Å². The second-order valence-corrected chi connectivity index (χ2v) is 8.42. The molecule has 2 atom stereocenters. The van der Waals surface area contributed by atoms with E-state index in [0.29, 0.717) is 35.1 Å². The molecule has 1 aromatic heterocycles. The van der Waals surface area contributed by atoms with Gasteiger partial charge >= 0.3 is 5.97 Å². The summed E-state index contributed by atoms with van der Waals surface area (Å²) in [5.41, 5.74) is -1.52. The topological polar surface area (TPSA) is 117 Å². The predicted molar refractivity (Wildman–Crippen MR) is 117 cm³/mol. The lowest BCUT2D eigenvalue weighted by molar-refractivity contribution is -0.890. The Balaban J connectivity index is 1.45. The van der Waals surface area contributed by atoms with Crippen molar-refractivity contribution in [2.75, 3.05) is 32.0 Å². The first-order chi connectivity index (χ1) is 15.9. The van der Waals surface area contributed by atoms with Crippen LogP contribution in [0, 0.1) is 0 Å². The fraction of sp³-hybridized carbons (Fsp3) is 0.292. The zero-order chi connectivity index (χ0) is 23.3. The van der Waals surface area contributed by atoms with Crippen LogP contribution in [0.25, 0.3) is 0 Å². The Morgan fingerprint density at radius 2 is 1.64 bits per heavy atom. The molecule has 33 heavy (non-hydrogen) atoms. The second kappa shape index (κ2) is 9.43. The van der Waals surface area contributed by atoms with Gasteiger partial charge in [-0.3, -0.25) is 14.9 Å². The summed E-state index contributed by atoms with van der Waals surface area (Å²) >= 11 is 0. The number of aromatic nitrogens is 3. The summed E-state index contributed by atoms with van der Waals surface area (Å²) in [6.07, 6.45) is 2.70. The van der Waals surface area contributed by atoms with E-state index in [4.69, 9.17) is 4.74 Å². The molecule has 0 saturated carbocycles. The third-order valence-electron chi connectivity index (χ3n) is 5.83. The molecule has 170 valence electrons. The highest BCUT2D eigenvalue weighted by atomic mass is 16.6. The Hall–Kier alpha value is -3.69. The average Bonchev–Trinajstić information content (AvgIpc) is 3.19. The Labute approximate surface area is 191 Å². The van der Waals surface area contributed by atoms with Crippen LogP contribution >= 0.6 is 0 Å². The van der Waals surface area contributed by atoms with Gasteiger partial charge in [0, 0.05) is 12.0 Å². The van der Waals surface area contributed by atoms with E-state index in [0.717, 1.165) is 0 Å². The molecule has 1 amide bonds. The number of anilines is 1. The molecule has 2 aromatic carbocycles. The molecule has 4 rings (SSSR count). The second-order valence-electron chi connectivity index (χ2n) is 8.42. The van der Waals surface area contributed by atoms with Crippen LogP contribution in [0.2, 0.25) is 0 Å². The van der Waals surface area contributed by atoms with Crippen LogP contribution in [0.5, 0.6) is 0 Å². The van der Waals surface area contributed by atoms with Gasteiger partial charge in [0.15, 0.2) is 12.6 Å². The van der Waals surface area contributed by atoms with Crippen LogP contribution in [0.3, 0.4) is 0 Å². The number of rotatable bonds is 7. The van der Waals surface area contributed by atoms with Crippen LogP contribution < -0.4 is 10.4 Å². The van der Waals surface area contributed by atoms with E-state index in [-0.39, 0.29) is 18.4 Å². The van der Waals surface area contributed by atoms with Crippen molar-refractivity contribution in [3.8, 4) is 0 Å². The van der Waals surface area contributed by atoms with Gasteiger partial charge in [-0.05, 0) is 11.1 Å². The number of esters is 1. The van der Waals surface area contributed by atoms with Gasteiger partial charge in [-0.15, -0.1) is 0 Å². The number of likely N-dealkylation sites (tertiary alicyclic amines) is 1. The summed E-state index contributed by atoms with van der Waals surface area (Å²) < 4.78 is 6.12. The fourth-order valence-corrected chi connectivity index (χ4v) is 4.17. The summed E-state index contributed by atoms with van der Waals surface area (Å²) in [5.74, 6) is -0.902. The number of carbonyl (C=O) groups excluding carboxylic acids is 2. The number of amides is 1. The molecule has 0 radical (unpaired) electrons. The van der Waals surface area contributed by atoms with E-state index in [1.54, 1.807) is 60.7 Å². The summed E-state index contributed by atoms with van der Waals surface area (Å²) in [6, 6.07) is 17.1. The van der Waals surface area contributed by atoms with E-state index >= 15 is 0 Å². The van der Waals surface area contributed by atoms with Crippen LogP contribution in [-0.2, 0) is 19.9 Å². The molecule has 2 heterocycles.